The number of halogens is 1. The molecular weight excluding hydrogens is 292 g/mol. The van der Waals surface area contributed by atoms with E-state index in [1.165, 1.54) is 0 Å². The van der Waals surface area contributed by atoms with Crippen molar-refractivity contribution in [1.82, 2.24) is 14.5 Å². The Balaban J connectivity index is 2.36. The van der Waals surface area contributed by atoms with Gasteiger partial charge in [-0.05, 0) is 7.05 Å². The van der Waals surface area contributed by atoms with Crippen LogP contribution in [-0.2, 0) is 16.2 Å². The molecule has 0 saturated heterocycles. The van der Waals surface area contributed by atoms with Gasteiger partial charge in [0.2, 0.25) is 5.91 Å². The Morgan fingerprint density at radius 1 is 1.68 bits per heavy atom. The molecule has 2 rings (SSSR count). The van der Waals surface area contributed by atoms with E-state index >= 15 is 0 Å². The predicted molar refractivity (Wildman–Crippen MR) is 71.3 cm³/mol. The topological polar surface area (TPSA) is 102 Å². The lowest BCUT2D eigenvalue weighted by Gasteiger charge is -2.38. The maximum Gasteiger partial charge on any atom is 0.363 e. The van der Waals surface area contributed by atoms with Gasteiger partial charge >= 0.3 is 6.03 Å². The van der Waals surface area contributed by atoms with E-state index in [-0.39, 0.29) is 12.4 Å². The number of primary amides is 1. The lowest BCUT2D eigenvalue weighted by Crippen LogP contribution is -2.56. The van der Waals surface area contributed by atoms with Crippen molar-refractivity contribution >= 4 is 34.9 Å². The number of urea groups is 1. The summed E-state index contributed by atoms with van der Waals surface area (Å²) in [4.78, 5) is 25.7. The predicted octanol–water partition coefficient (Wildman–Crippen LogP) is -0.827. The maximum atomic E-state index is 12.4. The summed E-state index contributed by atoms with van der Waals surface area (Å²) in [5.41, 5.74) is 5.72. The van der Waals surface area contributed by atoms with Crippen molar-refractivity contribution in [2.24, 2.45) is 11.7 Å². The molecule has 9 heteroatoms. The van der Waals surface area contributed by atoms with Crippen molar-refractivity contribution in [3.63, 3.8) is 0 Å². The second-order valence-corrected chi connectivity index (χ2v) is 6.27. The molecule has 1 unspecified atom stereocenters. The third-order valence-electron chi connectivity index (χ3n) is 3.07. The van der Waals surface area contributed by atoms with E-state index in [1.54, 1.807) is 7.05 Å². The molecule has 0 aromatic carbocycles. The number of carbonyl (C=O) groups excluding carboxylic acids is 2. The highest BCUT2D eigenvalue weighted by Crippen LogP contribution is 2.30. The van der Waals surface area contributed by atoms with Gasteiger partial charge < -0.3 is 15.6 Å². The van der Waals surface area contributed by atoms with E-state index in [9.17, 15) is 14.1 Å². The van der Waals surface area contributed by atoms with E-state index in [4.69, 9.17) is 17.3 Å². The molecule has 0 saturated carbocycles. The highest BCUT2D eigenvalue weighted by molar-refractivity contribution is 7.93. The Morgan fingerprint density at radius 3 is 2.95 bits per heavy atom. The van der Waals surface area contributed by atoms with Gasteiger partial charge in [0.15, 0.2) is 4.91 Å². The number of hydrogen-bond acceptors (Lipinski definition) is 4. The van der Waals surface area contributed by atoms with Crippen LogP contribution in [0.2, 0.25) is 0 Å². The minimum Gasteiger partial charge on any atom is -0.588 e. The molecule has 0 aromatic heterocycles. The SMILES string of the molecule is CN1CC2=C(NC(=O)N(CCCl)[S+]2[O-])[C@@H](C(N)=O)C1. The van der Waals surface area contributed by atoms with Gasteiger partial charge in [-0.15, -0.1) is 15.9 Å². The van der Waals surface area contributed by atoms with Crippen molar-refractivity contribution < 1.29 is 14.1 Å². The van der Waals surface area contributed by atoms with Gasteiger partial charge in [0.1, 0.15) is 11.4 Å². The third kappa shape index (κ3) is 2.66. The molecule has 3 amide bonds. The molecule has 2 aliphatic rings. The number of amides is 3. The maximum absolute atomic E-state index is 12.4. The van der Waals surface area contributed by atoms with Crippen molar-refractivity contribution in [3.05, 3.63) is 10.6 Å². The van der Waals surface area contributed by atoms with Crippen LogP contribution in [0.4, 0.5) is 4.79 Å². The second-order valence-electron chi connectivity index (χ2n) is 4.46. The fourth-order valence-corrected chi connectivity index (χ4v) is 3.88. The average Bonchev–Trinajstić information content (AvgIpc) is 2.34. The number of alkyl halides is 1. The Hall–Kier alpha value is -0.960. The normalized spacial score (nSPS) is 28.2. The summed E-state index contributed by atoms with van der Waals surface area (Å²) >= 11 is 3.98. The van der Waals surface area contributed by atoms with E-state index in [1.807, 2.05) is 4.90 Å². The Labute approximate surface area is 119 Å². The summed E-state index contributed by atoms with van der Waals surface area (Å²) < 4.78 is 13.5. The van der Waals surface area contributed by atoms with Gasteiger partial charge in [-0.25, -0.2) is 4.79 Å². The van der Waals surface area contributed by atoms with Crippen LogP contribution in [0.3, 0.4) is 0 Å². The minimum absolute atomic E-state index is 0.182. The standard InChI is InChI=1S/C10H15ClN4O3S/c1-14-4-6(9(12)16)8-7(5-14)19(18)15(3-2-11)10(17)13-8/h6H,2-5H2,1H3,(H2,12,16)(H,13,17)/t6-,19?/m0/s1. The highest BCUT2D eigenvalue weighted by atomic mass is 35.5. The summed E-state index contributed by atoms with van der Waals surface area (Å²) in [6, 6.07) is -0.506. The van der Waals surface area contributed by atoms with Crippen LogP contribution < -0.4 is 11.1 Å². The molecule has 0 radical (unpaired) electrons. The van der Waals surface area contributed by atoms with Crippen molar-refractivity contribution in [3.8, 4) is 0 Å². The molecule has 0 spiro atoms. The van der Waals surface area contributed by atoms with Gasteiger partial charge in [-0.3, -0.25) is 9.69 Å². The van der Waals surface area contributed by atoms with Gasteiger partial charge in [0.05, 0.1) is 24.7 Å². The number of carbonyl (C=O) groups is 2. The molecular formula is C10H15ClN4O3S. The number of rotatable bonds is 3. The number of nitrogens with zero attached hydrogens (tertiary/aromatic N) is 2. The summed E-state index contributed by atoms with van der Waals surface area (Å²) in [6.45, 7) is 1.01. The van der Waals surface area contributed by atoms with Crippen molar-refractivity contribution in [2.75, 3.05) is 32.6 Å². The first-order valence-electron chi connectivity index (χ1n) is 5.73. The van der Waals surface area contributed by atoms with E-state index < -0.39 is 29.2 Å². The summed E-state index contributed by atoms with van der Waals surface area (Å²) in [5.74, 6) is -0.987. The Kier molecular flexibility index (Phi) is 4.24. The van der Waals surface area contributed by atoms with E-state index in [0.29, 0.717) is 23.7 Å². The van der Waals surface area contributed by atoms with Gasteiger partial charge in [0, 0.05) is 12.4 Å². The molecule has 0 aliphatic carbocycles. The van der Waals surface area contributed by atoms with Crippen LogP contribution in [0.5, 0.6) is 0 Å². The largest absolute Gasteiger partial charge is 0.588 e. The first kappa shape index (κ1) is 14.4. The van der Waals surface area contributed by atoms with Crippen molar-refractivity contribution in [2.45, 2.75) is 0 Å². The quantitative estimate of drug-likeness (QED) is 0.525. The number of hydrogen-bond donors (Lipinski definition) is 2. The molecule has 7 nitrogen and oxygen atoms in total. The molecule has 106 valence electrons. The zero-order chi connectivity index (χ0) is 14.2. The molecule has 2 atom stereocenters. The number of nitrogens with two attached hydrogens (primary N) is 1. The molecule has 19 heavy (non-hydrogen) atoms. The molecule has 2 heterocycles. The zero-order valence-corrected chi connectivity index (χ0v) is 12.0. The Bertz CT molecular complexity index is 444. The van der Waals surface area contributed by atoms with E-state index in [0.717, 1.165) is 4.31 Å². The van der Waals surface area contributed by atoms with Crippen LogP contribution in [0.15, 0.2) is 10.6 Å². The van der Waals surface area contributed by atoms with Crippen LogP contribution in [0.25, 0.3) is 0 Å². The first-order valence-corrected chi connectivity index (χ1v) is 7.37. The zero-order valence-electron chi connectivity index (χ0n) is 10.4. The fourth-order valence-electron chi connectivity index (χ4n) is 2.18. The summed E-state index contributed by atoms with van der Waals surface area (Å²) in [5, 5.41) is 2.62. The highest BCUT2D eigenvalue weighted by Gasteiger charge is 2.44. The number of nitrogens with one attached hydrogen (secondary N) is 1. The van der Waals surface area contributed by atoms with Gasteiger partial charge in [-0.2, -0.15) is 0 Å². The van der Waals surface area contributed by atoms with Gasteiger partial charge in [0.25, 0.3) is 0 Å². The summed E-state index contributed by atoms with van der Waals surface area (Å²) in [6.07, 6.45) is 0. The minimum atomic E-state index is -1.62. The van der Waals surface area contributed by atoms with Crippen molar-refractivity contribution in [1.29, 1.82) is 0 Å². The Morgan fingerprint density at radius 2 is 2.37 bits per heavy atom. The monoisotopic (exact) mass is 306 g/mol. The molecule has 0 aromatic rings. The second kappa shape index (κ2) is 5.58. The van der Waals surface area contributed by atoms with Crippen LogP contribution in [0, 0.1) is 5.92 Å². The van der Waals surface area contributed by atoms with E-state index in [2.05, 4.69) is 5.32 Å². The van der Waals surface area contributed by atoms with Crippen LogP contribution in [-0.4, -0.2) is 58.3 Å². The molecule has 0 bridgehead atoms. The van der Waals surface area contributed by atoms with Crippen LogP contribution >= 0.6 is 11.6 Å². The average molecular weight is 307 g/mol. The lowest BCUT2D eigenvalue weighted by atomic mass is 10.00. The number of likely N-dealkylation sites (N-methyl/N-ethyl adjacent to an activating group) is 1. The lowest BCUT2D eigenvalue weighted by molar-refractivity contribution is -0.121. The smallest absolute Gasteiger partial charge is 0.363 e. The third-order valence-corrected chi connectivity index (χ3v) is 4.76. The first-order chi connectivity index (χ1) is 8.95. The van der Waals surface area contributed by atoms with Crippen LogP contribution in [0.1, 0.15) is 0 Å². The molecule has 0 fully saturated rings. The fraction of sp³-hybridized carbons (Fsp3) is 0.600. The summed E-state index contributed by atoms with van der Waals surface area (Å²) in [7, 11) is 1.80. The molecule has 2 aliphatic heterocycles. The molecule has 3 N–H and O–H groups in total. The van der Waals surface area contributed by atoms with Gasteiger partial charge in [-0.1, -0.05) is 0 Å².